The number of nitrogens with zero attached hydrogens (tertiary/aromatic N) is 1. The van der Waals surface area contributed by atoms with Gasteiger partial charge in [-0.1, -0.05) is 11.6 Å². The van der Waals surface area contributed by atoms with Crippen LogP contribution in [0.25, 0.3) is 10.1 Å². The SMILES string of the molecule is C#CC1CCN(C(=O)C(=O)NCc2csc3ccc(Cl)cc23)C1. The zero-order chi connectivity index (χ0) is 16.4. The van der Waals surface area contributed by atoms with Gasteiger partial charge < -0.3 is 10.2 Å². The van der Waals surface area contributed by atoms with E-state index < -0.39 is 11.8 Å². The Bertz CT molecular complexity index is 809. The number of hydrogen-bond donors (Lipinski definition) is 1. The summed E-state index contributed by atoms with van der Waals surface area (Å²) in [6.45, 7) is 1.30. The van der Waals surface area contributed by atoms with Crippen LogP contribution in [0.5, 0.6) is 0 Å². The van der Waals surface area contributed by atoms with E-state index in [9.17, 15) is 9.59 Å². The molecule has 1 aliphatic rings. The first-order valence-electron chi connectivity index (χ1n) is 7.27. The van der Waals surface area contributed by atoms with Crippen LogP contribution in [0.15, 0.2) is 23.6 Å². The zero-order valence-electron chi connectivity index (χ0n) is 12.3. The van der Waals surface area contributed by atoms with E-state index >= 15 is 0 Å². The van der Waals surface area contributed by atoms with Crippen molar-refractivity contribution in [2.75, 3.05) is 13.1 Å². The molecule has 4 nitrogen and oxygen atoms in total. The van der Waals surface area contributed by atoms with Crippen LogP contribution in [-0.2, 0) is 16.1 Å². The van der Waals surface area contributed by atoms with Gasteiger partial charge in [0.25, 0.3) is 0 Å². The summed E-state index contributed by atoms with van der Waals surface area (Å²) in [7, 11) is 0. The van der Waals surface area contributed by atoms with Crippen LogP contribution in [0.1, 0.15) is 12.0 Å². The lowest BCUT2D eigenvalue weighted by atomic mass is 10.1. The molecule has 2 heterocycles. The summed E-state index contributed by atoms with van der Waals surface area (Å²) in [5.74, 6) is 1.57. The summed E-state index contributed by atoms with van der Waals surface area (Å²) in [5, 5.41) is 6.31. The van der Waals surface area contributed by atoms with Gasteiger partial charge in [-0.25, -0.2) is 0 Å². The Hall–Kier alpha value is -2.03. The highest BCUT2D eigenvalue weighted by atomic mass is 35.5. The summed E-state index contributed by atoms with van der Waals surface area (Å²) < 4.78 is 1.10. The Labute approximate surface area is 143 Å². The largest absolute Gasteiger partial charge is 0.344 e. The van der Waals surface area contributed by atoms with Crippen molar-refractivity contribution in [2.24, 2.45) is 5.92 Å². The van der Waals surface area contributed by atoms with Crippen molar-refractivity contribution in [3.63, 3.8) is 0 Å². The first kappa shape index (κ1) is 15.9. The fourth-order valence-corrected chi connectivity index (χ4v) is 3.78. The van der Waals surface area contributed by atoms with Gasteiger partial charge in [-0.15, -0.1) is 23.7 Å². The van der Waals surface area contributed by atoms with Gasteiger partial charge in [-0.2, -0.15) is 0 Å². The van der Waals surface area contributed by atoms with E-state index in [0.29, 0.717) is 24.7 Å². The monoisotopic (exact) mass is 346 g/mol. The Balaban J connectivity index is 1.63. The van der Waals surface area contributed by atoms with Crippen LogP contribution in [0.2, 0.25) is 5.02 Å². The maximum atomic E-state index is 12.1. The molecule has 1 saturated heterocycles. The second-order valence-corrected chi connectivity index (χ2v) is 6.84. The number of fused-ring (bicyclic) bond motifs is 1. The first-order valence-corrected chi connectivity index (χ1v) is 8.53. The van der Waals surface area contributed by atoms with E-state index in [1.54, 1.807) is 11.3 Å². The number of terminal acetylenes is 1. The molecule has 0 aliphatic carbocycles. The molecule has 1 aromatic carbocycles. The Kier molecular flexibility index (Phi) is 4.56. The number of rotatable bonds is 2. The number of hydrogen-bond acceptors (Lipinski definition) is 3. The molecule has 23 heavy (non-hydrogen) atoms. The predicted molar refractivity (Wildman–Crippen MR) is 92.2 cm³/mol. The Morgan fingerprint density at radius 2 is 2.30 bits per heavy atom. The molecule has 1 aromatic heterocycles. The number of likely N-dealkylation sites (tertiary alicyclic amines) is 1. The molecule has 0 spiro atoms. The van der Waals surface area contributed by atoms with Gasteiger partial charge in [0, 0.05) is 35.3 Å². The van der Waals surface area contributed by atoms with Crippen LogP contribution in [-0.4, -0.2) is 29.8 Å². The maximum Gasteiger partial charge on any atom is 0.311 e. The molecule has 1 fully saturated rings. The maximum absolute atomic E-state index is 12.1. The van der Waals surface area contributed by atoms with Crippen molar-refractivity contribution in [1.29, 1.82) is 0 Å². The van der Waals surface area contributed by atoms with E-state index in [0.717, 1.165) is 22.1 Å². The van der Waals surface area contributed by atoms with E-state index in [-0.39, 0.29) is 5.92 Å². The summed E-state index contributed by atoms with van der Waals surface area (Å²) in [5.41, 5.74) is 0.955. The van der Waals surface area contributed by atoms with Crippen molar-refractivity contribution < 1.29 is 9.59 Å². The molecule has 2 amide bonds. The highest BCUT2D eigenvalue weighted by Gasteiger charge is 2.28. The third-order valence-electron chi connectivity index (χ3n) is 3.96. The van der Waals surface area contributed by atoms with Crippen molar-refractivity contribution >= 4 is 44.8 Å². The lowest BCUT2D eigenvalue weighted by molar-refractivity contribution is -0.145. The summed E-state index contributed by atoms with van der Waals surface area (Å²) in [4.78, 5) is 25.7. The van der Waals surface area contributed by atoms with Crippen molar-refractivity contribution in [3.8, 4) is 12.3 Å². The minimum absolute atomic E-state index is 0.0507. The van der Waals surface area contributed by atoms with Crippen LogP contribution in [0.4, 0.5) is 0 Å². The fraction of sp³-hybridized carbons (Fsp3) is 0.294. The van der Waals surface area contributed by atoms with Gasteiger partial charge in [-0.3, -0.25) is 9.59 Å². The van der Waals surface area contributed by atoms with Crippen LogP contribution in [0.3, 0.4) is 0 Å². The smallest absolute Gasteiger partial charge is 0.311 e. The van der Waals surface area contributed by atoms with Gasteiger partial charge >= 0.3 is 11.8 Å². The average Bonchev–Trinajstić information content (AvgIpc) is 3.18. The van der Waals surface area contributed by atoms with Gasteiger partial charge in [0.15, 0.2) is 0 Å². The van der Waals surface area contributed by atoms with Gasteiger partial charge in [-0.05, 0) is 40.9 Å². The zero-order valence-corrected chi connectivity index (χ0v) is 13.9. The molecular formula is C17H15ClN2O2S. The molecule has 1 atom stereocenters. The average molecular weight is 347 g/mol. The normalized spacial score (nSPS) is 17.2. The molecule has 118 valence electrons. The van der Waals surface area contributed by atoms with Crippen LogP contribution in [0, 0.1) is 18.3 Å². The summed E-state index contributed by atoms with van der Waals surface area (Å²) in [6, 6.07) is 5.65. The van der Waals surface area contributed by atoms with Gasteiger partial charge in [0.2, 0.25) is 0 Å². The van der Waals surface area contributed by atoms with Crippen molar-refractivity contribution in [3.05, 3.63) is 34.2 Å². The molecule has 1 aliphatic heterocycles. The van der Waals surface area contributed by atoms with Gasteiger partial charge in [0.1, 0.15) is 0 Å². The van der Waals surface area contributed by atoms with Crippen molar-refractivity contribution in [2.45, 2.75) is 13.0 Å². The highest BCUT2D eigenvalue weighted by Crippen LogP contribution is 2.28. The minimum Gasteiger partial charge on any atom is -0.344 e. The first-order chi connectivity index (χ1) is 11.1. The number of nitrogens with one attached hydrogen (secondary N) is 1. The van der Waals surface area contributed by atoms with Gasteiger partial charge in [0.05, 0.1) is 0 Å². The van der Waals surface area contributed by atoms with E-state index in [2.05, 4.69) is 11.2 Å². The number of thiophene rings is 1. The third-order valence-corrected chi connectivity index (χ3v) is 5.21. The number of carbonyl (C=O) groups excluding carboxylic acids is 2. The highest BCUT2D eigenvalue weighted by molar-refractivity contribution is 7.17. The molecule has 3 rings (SSSR count). The molecule has 1 unspecified atom stereocenters. The van der Waals surface area contributed by atoms with Crippen molar-refractivity contribution in [1.82, 2.24) is 10.2 Å². The van der Waals surface area contributed by atoms with Crippen LogP contribution >= 0.6 is 22.9 Å². The molecule has 1 N–H and O–H groups in total. The fourth-order valence-electron chi connectivity index (χ4n) is 2.67. The lowest BCUT2D eigenvalue weighted by Gasteiger charge is -2.14. The predicted octanol–water partition coefficient (Wildman–Crippen LogP) is 2.65. The molecular weight excluding hydrogens is 332 g/mol. The summed E-state index contributed by atoms with van der Waals surface area (Å²) in [6.07, 6.45) is 6.12. The topological polar surface area (TPSA) is 49.4 Å². The molecule has 2 aromatic rings. The second kappa shape index (κ2) is 6.61. The van der Waals surface area contributed by atoms with E-state index in [1.165, 1.54) is 4.90 Å². The molecule has 0 bridgehead atoms. The van der Waals surface area contributed by atoms with E-state index in [1.807, 2.05) is 23.6 Å². The van der Waals surface area contributed by atoms with Crippen LogP contribution < -0.4 is 5.32 Å². The van der Waals surface area contributed by atoms with E-state index in [4.69, 9.17) is 18.0 Å². The molecule has 0 radical (unpaired) electrons. The number of benzene rings is 1. The Morgan fingerprint density at radius 3 is 3.04 bits per heavy atom. The summed E-state index contributed by atoms with van der Waals surface area (Å²) >= 11 is 7.60. The molecule has 6 heteroatoms. The Morgan fingerprint density at radius 1 is 1.48 bits per heavy atom. The quantitative estimate of drug-likeness (QED) is 0.671. The second-order valence-electron chi connectivity index (χ2n) is 5.49. The standard InChI is InChI=1S/C17H15ClN2O2S/c1-2-11-5-6-20(9-11)17(22)16(21)19-8-12-10-23-15-4-3-13(18)7-14(12)15/h1,3-4,7,10-11H,5-6,8-9H2,(H,19,21). The number of carbonyl (C=O) groups is 2. The number of amides is 2. The molecule has 0 saturated carbocycles. The number of halogens is 1. The minimum atomic E-state index is -0.593. The lowest BCUT2D eigenvalue weighted by Crippen LogP contribution is -2.41. The third kappa shape index (κ3) is 3.34.